The van der Waals surface area contributed by atoms with Gasteiger partial charge >= 0.3 is 6.09 Å². The molecule has 1 aromatic carbocycles. The van der Waals surface area contributed by atoms with Gasteiger partial charge in [-0.15, -0.1) is 0 Å². The monoisotopic (exact) mass is 412 g/mol. The fraction of sp³-hybridized carbons (Fsp3) is 0.238. The van der Waals surface area contributed by atoms with Gasteiger partial charge in [-0.3, -0.25) is 14.5 Å². The second kappa shape index (κ2) is 8.32. The van der Waals surface area contributed by atoms with Crippen LogP contribution in [-0.2, 0) is 9.53 Å². The number of carbonyl (C=O) groups excluding carboxylic acids is 3. The highest BCUT2D eigenvalue weighted by Gasteiger charge is 2.32. The summed E-state index contributed by atoms with van der Waals surface area (Å²) in [5.74, 6) is -0.767. The number of rotatable bonds is 5. The number of imidazole rings is 1. The van der Waals surface area contributed by atoms with Crippen LogP contribution in [-0.4, -0.2) is 46.9 Å². The second-order valence-electron chi connectivity index (χ2n) is 6.68. The molecule has 1 atom stereocenters. The van der Waals surface area contributed by atoms with Crippen molar-refractivity contribution in [3.8, 4) is 11.1 Å². The van der Waals surface area contributed by atoms with Gasteiger partial charge in [0.25, 0.3) is 0 Å². The normalized spacial score (nSPS) is 15.6. The molecule has 30 heavy (non-hydrogen) atoms. The number of hydrogen-bond acceptors (Lipinski definition) is 5. The van der Waals surface area contributed by atoms with Gasteiger partial charge in [-0.25, -0.2) is 14.2 Å². The van der Waals surface area contributed by atoms with E-state index >= 15 is 0 Å². The lowest BCUT2D eigenvalue weighted by Gasteiger charge is -2.15. The quantitative estimate of drug-likeness (QED) is 0.650. The molecule has 1 aliphatic heterocycles. The van der Waals surface area contributed by atoms with Crippen molar-refractivity contribution in [3.05, 3.63) is 54.2 Å². The summed E-state index contributed by atoms with van der Waals surface area (Å²) >= 11 is 0. The fourth-order valence-corrected chi connectivity index (χ4v) is 3.30. The minimum Gasteiger partial charge on any atom is -0.442 e. The van der Waals surface area contributed by atoms with E-state index < -0.39 is 18.0 Å². The van der Waals surface area contributed by atoms with Gasteiger partial charge in [-0.05, 0) is 24.3 Å². The van der Waals surface area contributed by atoms with Crippen LogP contribution in [0.1, 0.15) is 24.7 Å². The molecule has 1 saturated heterocycles. The molecule has 0 spiro atoms. The summed E-state index contributed by atoms with van der Waals surface area (Å²) in [5, 5.41) is 2.59. The number of amides is 2. The predicted molar refractivity (Wildman–Crippen MR) is 109 cm³/mol. The number of hydrogen-bond donors (Lipinski definition) is 1. The Balaban J connectivity index is 0.00000256. The van der Waals surface area contributed by atoms with E-state index in [1.165, 1.54) is 17.9 Å². The Morgan fingerprint density at radius 1 is 1.40 bits per heavy atom. The van der Waals surface area contributed by atoms with Crippen LogP contribution >= 0.6 is 0 Å². The SMILES string of the molecule is C.CC(=O)NC[C@H]1CN(c2ccc(-c3cc(C=O)c4nccn4c3)c(F)c2)C(=O)O1. The summed E-state index contributed by atoms with van der Waals surface area (Å²) in [7, 11) is 0. The minimum atomic E-state index is -0.601. The number of ether oxygens (including phenoxy) is 1. The van der Waals surface area contributed by atoms with E-state index in [1.807, 2.05) is 0 Å². The summed E-state index contributed by atoms with van der Waals surface area (Å²) < 4.78 is 21.7. The van der Waals surface area contributed by atoms with Gasteiger partial charge in [-0.1, -0.05) is 7.43 Å². The van der Waals surface area contributed by atoms with Gasteiger partial charge in [0.05, 0.1) is 24.3 Å². The number of aromatic nitrogens is 2. The first-order chi connectivity index (χ1) is 14.0. The maximum atomic E-state index is 14.9. The third kappa shape index (κ3) is 3.86. The zero-order valence-corrected chi connectivity index (χ0v) is 15.5. The number of pyridine rings is 1. The Kier molecular flexibility index (Phi) is 5.81. The zero-order chi connectivity index (χ0) is 20.5. The molecule has 156 valence electrons. The van der Waals surface area contributed by atoms with E-state index in [-0.39, 0.29) is 32.0 Å². The number of nitrogens with zero attached hydrogens (tertiary/aromatic N) is 3. The molecule has 0 bridgehead atoms. The van der Waals surface area contributed by atoms with E-state index in [0.717, 1.165) is 0 Å². The summed E-state index contributed by atoms with van der Waals surface area (Å²) in [4.78, 5) is 39.9. The van der Waals surface area contributed by atoms with E-state index in [0.29, 0.717) is 28.7 Å². The van der Waals surface area contributed by atoms with Crippen molar-refractivity contribution >= 4 is 29.6 Å². The van der Waals surface area contributed by atoms with E-state index in [4.69, 9.17) is 4.74 Å². The van der Waals surface area contributed by atoms with Gasteiger partial charge in [0.1, 0.15) is 17.6 Å². The molecule has 1 aliphatic rings. The Labute approximate surface area is 172 Å². The Morgan fingerprint density at radius 3 is 2.90 bits per heavy atom. The molecule has 0 radical (unpaired) electrons. The molecule has 1 fully saturated rings. The van der Waals surface area contributed by atoms with Gasteiger partial charge in [0, 0.05) is 36.6 Å². The van der Waals surface area contributed by atoms with Gasteiger partial charge in [0.2, 0.25) is 5.91 Å². The molecule has 1 N–H and O–H groups in total. The number of nitrogens with one attached hydrogen (secondary N) is 1. The first-order valence-electron chi connectivity index (χ1n) is 8.90. The largest absolute Gasteiger partial charge is 0.442 e. The average Bonchev–Trinajstić information content (AvgIpc) is 3.31. The first-order valence-corrected chi connectivity index (χ1v) is 8.90. The van der Waals surface area contributed by atoms with Gasteiger partial charge < -0.3 is 14.5 Å². The highest BCUT2D eigenvalue weighted by atomic mass is 19.1. The Morgan fingerprint density at radius 2 is 2.20 bits per heavy atom. The van der Waals surface area contributed by atoms with Crippen LogP contribution in [0.15, 0.2) is 42.9 Å². The number of anilines is 1. The molecular weight excluding hydrogens is 391 g/mol. The van der Waals surface area contributed by atoms with Crippen molar-refractivity contribution < 1.29 is 23.5 Å². The highest BCUT2D eigenvalue weighted by molar-refractivity contribution is 5.91. The molecule has 0 aliphatic carbocycles. The molecule has 8 nitrogen and oxygen atoms in total. The number of cyclic esters (lactones) is 1. The standard InChI is InChI=1S/C20H17FN4O4.CH4/c1-12(27)23-8-16-10-25(20(28)29-16)15-2-3-17(18(21)7-15)13-6-14(11-26)19-22-4-5-24(19)9-13;/h2-7,9,11,16H,8,10H2,1H3,(H,23,27);1H4/t16-;/m0./s1. The third-order valence-electron chi connectivity index (χ3n) is 4.67. The van der Waals surface area contributed by atoms with Crippen LogP contribution in [0.2, 0.25) is 0 Å². The fourth-order valence-electron chi connectivity index (χ4n) is 3.30. The van der Waals surface area contributed by atoms with Crippen LogP contribution < -0.4 is 10.2 Å². The molecule has 2 amide bonds. The smallest absolute Gasteiger partial charge is 0.414 e. The van der Waals surface area contributed by atoms with E-state index in [2.05, 4.69) is 10.3 Å². The first kappa shape index (κ1) is 21.0. The zero-order valence-electron chi connectivity index (χ0n) is 15.5. The molecule has 9 heteroatoms. The van der Waals surface area contributed by atoms with Crippen LogP contribution in [0.25, 0.3) is 16.8 Å². The second-order valence-corrected chi connectivity index (χ2v) is 6.68. The molecule has 0 saturated carbocycles. The summed E-state index contributed by atoms with van der Waals surface area (Å²) in [6.45, 7) is 1.77. The van der Waals surface area contributed by atoms with Crippen molar-refractivity contribution in [1.29, 1.82) is 0 Å². The number of benzene rings is 1. The van der Waals surface area contributed by atoms with Crippen LogP contribution in [0.4, 0.5) is 14.9 Å². The van der Waals surface area contributed by atoms with Crippen LogP contribution in [0, 0.1) is 5.82 Å². The third-order valence-corrected chi connectivity index (χ3v) is 4.67. The summed E-state index contributed by atoms with van der Waals surface area (Å²) in [6, 6.07) is 5.97. The number of halogens is 1. The van der Waals surface area contributed by atoms with Crippen molar-refractivity contribution in [2.45, 2.75) is 20.5 Å². The van der Waals surface area contributed by atoms with Crippen molar-refractivity contribution in [1.82, 2.24) is 14.7 Å². The predicted octanol–water partition coefficient (Wildman–Crippen LogP) is 3.05. The van der Waals surface area contributed by atoms with E-state index in [1.54, 1.807) is 41.2 Å². The maximum Gasteiger partial charge on any atom is 0.414 e. The van der Waals surface area contributed by atoms with Gasteiger partial charge in [-0.2, -0.15) is 0 Å². The topological polar surface area (TPSA) is 93.0 Å². The Bertz CT molecular complexity index is 1130. The van der Waals surface area contributed by atoms with Crippen molar-refractivity contribution in [2.24, 2.45) is 0 Å². The lowest BCUT2D eigenvalue weighted by Crippen LogP contribution is -2.33. The average molecular weight is 412 g/mol. The van der Waals surface area contributed by atoms with Crippen LogP contribution in [0.3, 0.4) is 0 Å². The summed E-state index contributed by atoms with van der Waals surface area (Å²) in [6.07, 6.45) is 4.48. The lowest BCUT2D eigenvalue weighted by atomic mass is 10.0. The Hall–Kier alpha value is -3.75. The number of carbonyl (C=O) groups is 3. The van der Waals surface area contributed by atoms with Gasteiger partial charge in [0.15, 0.2) is 6.29 Å². The number of fused-ring (bicyclic) bond motifs is 1. The molecular formula is C21H21FN4O4. The summed E-state index contributed by atoms with van der Waals surface area (Å²) in [5.41, 5.74) is 1.98. The maximum absolute atomic E-state index is 14.9. The van der Waals surface area contributed by atoms with Crippen molar-refractivity contribution in [3.63, 3.8) is 0 Å². The highest BCUT2D eigenvalue weighted by Crippen LogP contribution is 2.30. The lowest BCUT2D eigenvalue weighted by molar-refractivity contribution is -0.119. The van der Waals surface area contributed by atoms with Crippen LogP contribution in [0.5, 0.6) is 0 Å². The molecule has 3 aromatic rings. The van der Waals surface area contributed by atoms with Crippen molar-refractivity contribution in [2.75, 3.05) is 18.0 Å². The number of aldehydes is 1. The minimum absolute atomic E-state index is 0. The molecule has 4 rings (SSSR count). The molecule has 2 aromatic heterocycles. The molecule has 3 heterocycles. The molecule has 0 unspecified atom stereocenters. The van der Waals surface area contributed by atoms with E-state index in [9.17, 15) is 18.8 Å².